The molecule has 2 N–H and O–H groups in total. The van der Waals surface area contributed by atoms with E-state index in [9.17, 15) is 9.59 Å². The minimum absolute atomic E-state index is 0.0479. The molecule has 1 atom stereocenters. The quantitative estimate of drug-likeness (QED) is 0.634. The zero-order valence-electron chi connectivity index (χ0n) is 15.9. The Morgan fingerprint density at radius 2 is 1.64 bits per heavy atom. The number of amides is 2. The molecule has 1 unspecified atom stereocenters. The van der Waals surface area contributed by atoms with Gasteiger partial charge in [-0.05, 0) is 11.5 Å². The summed E-state index contributed by atoms with van der Waals surface area (Å²) in [5.74, 6) is -0.484. The van der Waals surface area contributed by atoms with Crippen molar-refractivity contribution in [2.45, 2.75) is 26.3 Å². The molecule has 0 saturated heterocycles. The molecule has 0 fully saturated rings. The van der Waals surface area contributed by atoms with Gasteiger partial charge in [-0.3, -0.25) is 9.59 Å². The lowest BCUT2D eigenvalue weighted by Gasteiger charge is -2.21. The van der Waals surface area contributed by atoms with Crippen LogP contribution >= 0.6 is 11.3 Å². The Balaban J connectivity index is 1.63. The van der Waals surface area contributed by atoms with E-state index in [1.165, 1.54) is 11.3 Å². The molecule has 0 saturated carbocycles. The molecule has 2 amide bonds. The number of thiazole rings is 1. The van der Waals surface area contributed by atoms with E-state index < -0.39 is 6.04 Å². The van der Waals surface area contributed by atoms with Gasteiger partial charge in [-0.2, -0.15) is 0 Å². The lowest BCUT2D eigenvalue weighted by atomic mass is 10.0. The summed E-state index contributed by atoms with van der Waals surface area (Å²) in [7, 11) is 0. The molecule has 5 nitrogen and oxygen atoms in total. The van der Waals surface area contributed by atoms with Gasteiger partial charge in [0.15, 0.2) is 5.13 Å². The molecule has 0 aliphatic heterocycles. The lowest BCUT2D eigenvalue weighted by molar-refractivity contribution is -0.127. The van der Waals surface area contributed by atoms with Gasteiger partial charge in [0.25, 0.3) is 0 Å². The topological polar surface area (TPSA) is 71.1 Å². The fourth-order valence-electron chi connectivity index (χ4n) is 2.80. The second-order valence-corrected chi connectivity index (χ2v) is 7.70. The zero-order chi connectivity index (χ0) is 19.9. The van der Waals surface area contributed by atoms with Crippen molar-refractivity contribution in [1.29, 1.82) is 0 Å². The molecule has 2 aromatic carbocycles. The van der Waals surface area contributed by atoms with Gasteiger partial charge in [-0.25, -0.2) is 4.98 Å². The molecule has 1 aromatic heterocycles. The fourth-order valence-corrected chi connectivity index (χ4v) is 3.52. The highest BCUT2D eigenvalue weighted by atomic mass is 32.1. The Bertz CT molecular complexity index is 923. The van der Waals surface area contributed by atoms with Crippen molar-refractivity contribution in [3.8, 4) is 11.3 Å². The lowest BCUT2D eigenvalue weighted by Crippen LogP contribution is -2.47. The van der Waals surface area contributed by atoms with Gasteiger partial charge in [0.2, 0.25) is 11.8 Å². The SMILES string of the molecule is CC(C)C(NC(=O)Cc1ccccc1)C(=O)Nc1nc(-c2ccccc2)cs1. The maximum atomic E-state index is 12.7. The average molecular weight is 394 g/mol. The number of rotatable bonds is 7. The van der Waals surface area contributed by atoms with Crippen LogP contribution < -0.4 is 10.6 Å². The third kappa shape index (κ3) is 5.27. The molecule has 0 aliphatic rings. The van der Waals surface area contributed by atoms with Gasteiger partial charge in [-0.15, -0.1) is 11.3 Å². The van der Waals surface area contributed by atoms with Crippen molar-refractivity contribution < 1.29 is 9.59 Å². The second kappa shape index (κ2) is 9.28. The smallest absolute Gasteiger partial charge is 0.248 e. The Morgan fingerprint density at radius 3 is 2.29 bits per heavy atom. The average Bonchev–Trinajstić information content (AvgIpc) is 3.16. The number of hydrogen-bond donors (Lipinski definition) is 2. The fraction of sp³-hybridized carbons (Fsp3) is 0.227. The van der Waals surface area contributed by atoms with Crippen molar-refractivity contribution in [3.05, 3.63) is 71.6 Å². The summed E-state index contributed by atoms with van der Waals surface area (Å²) in [4.78, 5) is 29.6. The molecule has 3 aromatic rings. The molecule has 28 heavy (non-hydrogen) atoms. The number of anilines is 1. The summed E-state index contributed by atoms with van der Waals surface area (Å²) < 4.78 is 0. The number of nitrogens with zero attached hydrogens (tertiary/aromatic N) is 1. The predicted molar refractivity (Wildman–Crippen MR) is 113 cm³/mol. The molecule has 0 aliphatic carbocycles. The first-order valence-corrected chi connectivity index (χ1v) is 10.1. The van der Waals surface area contributed by atoms with Crippen molar-refractivity contribution >= 4 is 28.3 Å². The largest absolute Gasteiger partial charge is 0.344 e. The van der Waals surface area contributed by atoms with Crippen molar-refractivity contribution in [2.75, 3.05) is 5.32 Å². The molecule has 0 radical (unpaired) electrons. The summed E-state index contributed by atoms with van der Waals surface area (Å²) in [5, 5.41) is 8.11. The summed E-state index contributed by atoms with van der Waals surface area (Å²) in [6, 6.07) is 18.6. The standard InChI is InChI=1S/C22H23N3O2S/c1-15(2)20(24-19(26)13-16-9-5-3-6-10-16)21(27)25-22-23-18(14-28-22)17-11-7-4-8-12-17/h3-12,14-15,20H,13H2,1-2H3,(H,24,26)(H,23,25,27). The molecule has 3 rings (SSSR count). The number of hydrogen-bond acceptors (Lipinski definition) is 4. The van der Waals surface area contributed by atoms with E-state index in [1.807, 2.05) is 79.9 Å². The van der Waals surface area contributed by atoms with Crippen LogP contribution in [0, 0.1) is 5.92 Å². The van der Waals surface area contributed by atoms with Crippen LogP contribution in [0.4, 0.5) is 5.13 Å². The highest BCUT2D eigenvalue weighted by Gasteiger charge is 2.25. The Hall–Kier alpha value is -2.99. The first-order chi connectivity index (χ1) is 13.5. The summed E-state index contributed by atoms with van der Waals surface area (Å²) in [5.41, 5.74) is 2.72. The summed E-state index contributed by atoms with van der Waals surface area (Å²) in [6.45, 7) is 3.81. The van der Waals surface area contributed by atoms with Crippen LogP contribution in [0.15, 0.2) is 66.0 Å². The molecule has 0 spiro atoms. The first kappa shape index (κ1) is 19.8. The van der Waals surface area contributed by atoms with Gasteiger partial charge < -0.3 is 10.6 Å². The maximum absolute atomic E-state index is 12.7. The summed E-state index contributed by atoms with van der Waals surface area (Å²) >= 11 is 1.37. The van der Waals surface area contributed by atoms with Crippen LogP contribution in [0.2, 0.25) is 0 Å². The van der Waals surface area contributed by atoms with Gasteiger partial charge in [0.05, 0.1) is 12.1 Å². The highest BCUT2D eigenvalue weighted by Crippen LogP contribution is 2.24. The molecular formula is C22H23N3O2S. The van der Waals surface area contributed by atoms with Crippen molar-refractivity contribution in [1.82, 2.24) is 10.3 Å². The van der Waals surface area contributed by atoms with Gasteiger partial charge in [0.1, 0.15) is 6.04 Å². The number of aromatic nitrogens is 1. The maximum Gasteiger partial charge on any atom is 0.248 e. The first-order valence-electron chi connectivity index (χ1n) is 9.18. The third-order valence-corrected chi connectivity index (χ3v) is 5.03. The number of carbonyl (C=O) groups is 2. The van der Waals surface area contributed by atoms with Crippen molar-refractivity contribution in [3.63, 3.8) is 0 Å². The van der Waals surface area contributed by atoms with Crippen molar-refractivity contribution in [2.24, 2.45) is 5.92 Å². The van der Waals surface area contributed by atoms with E-state index in [2.05, 4.69) is 15.6 Å². The molecule has 1 heterocycles. The van der Waals surface area contributed by atoms with E-state index >= 15 is 0 Å². The van der Waals surface area contributed by atoms with Gasteiger partial charge in [0, 0.05) is 10.9 Å². The number of carbonyl (C=O) groups excluding carboxylic acids is 2. The van der Waals surface area contributed by atoms with Gasteiger partial charge >= 0.3 is 0 Å². The molecule has 0 bridgehead atoms. The number of benzene rings is 2. The third-order valence-electron chi connectivity index (χ3n) is 4.28. The zero-order valence-corrected chi connectivity index (χ0v) is 16.7. The van der Waals surface area contributed by atoms with Crippen LogP contribution in [-0.4, -0.2) is 22.8 Å². The van der Waals surface area contributed by atoms with E-state index in [1.54, 1.807) is 0 Å². The van der Waals surface area contributed by atoms with Crippen LogP contribution in [0.1, 0.15) is 19.4 Å². The molecular weight excluding hydrogens is 370 g/mol. The second-order valence-electron chi connectivity index (χ2n) is 6.84. The number of nitrogens with one attached hydrogen (secondary N) is 2. The van der Waals surface area contributed by atoms with Crippen LogP contribution in [0.25, 0.3) is 11.3 Å². The van der Waals surface area contributed by atoms with Crippen LogP contribution in [0.5, 0.6) is 0 Å². The predicted octanol–water partition coefficient (Wildman–Crippen LogP) is 4.13. The van der Waals surface area contributed by atoms with E-state index in [0.29, 0.717) is 5.13 Å². The Morgan fingerprint density at radius 1 is 1.00 bits per heavy atom. The summed E-state index contributed by atoms with van der Waals surface area (Å²) in [6.07, 6.45) is 0.243. The molecule has 144 valence electrons. The Kier molecular flexibility index (Phi) is 6.55. The normalized spacial score (nSPS) is 11.8. The molecule has 6 heteroatoms. The highest BCUT2D eigenvalue weighted by molar-refractivity contribution is 7.14. The minimum atomic E-state index is -0.625. The monoisotopic (exact) mass is 393 g/mol. The van der Waals surface area contributed by atoms with E-state index in [4.69, 9.17) is 0 Å². The van der Waals surface area contributed by atoms with E-state index in [0.717, 1.165) is 16.8 Å². The van der Waals surface area contributed by atoms with Gasteiger partial charge in [-0.1, -0.05) is 74.5 Å². The van der Waals surface area contributed by atoms with Crippen LogP contribution in [0.3, 0.4) is 0 Å². The van der Waals surface area contributed by atoms with Crippen LogP contribution in [-0.2, 0) is 16.0 Å². The van der Waals surface area contributed by atoms with E-state index in [-0.39, 0.29) is 24.2 Å². The minimum Gasteiger partial charge on any atom is -0.344 e. The Labute approximate surface area is 168 Å².